The summed E-state index contributed by atoms with van der Waals surface area (Å²) in [6, 6.07) is 4.17. The van der Waals surface area contributed by atoms with Crippen molar-refractivity contribution in [2.24, 2.45) is 0 Å². The van der Waals surface area contributed by atoms with E-state index in [0.717, 1.165) is 58.4 Å². The number of nitrogens with one attached hydrogen (secondary N) is 1. The maximum Gasteiger partial charge on any atom is 0.230 e. The molecule has 8 nitrogen and oxygen atoms in total. The Morgan fingerprint density at radius 3 is 2.91 bits per heavy atom. The third-order valence-electron chi connectivity index (χ3n) is 6.14. The molecule has 3 aromatic rings. The largest absolute Gasteiger partial charge is 0.397 e. The van der Waals surface area contributed by atoms with Crippen LogP contribution in [0.2, 0.25) is 0 Å². The minimum absolute atomic E-state index is 0.0562. The van der Waals surface area contributed by atoms with Crippen molar-refractivity contribution in [1.82, 2.24) is 25.1 Å². The normalized spacial score (nSPS) is 19.6. The molecule has 32 heavy (non-hydrogen) atoms. The zero-order valence-electron chi connectivity index (χ0n) is 18.0. The molecule has 0 bridgehead atoms. The van der Waals surface area contributed by atoms with Crippen LogP contribution in [0, 0.1) is 0 Å². The highest BCUT2D eigenvalue weighted by molar-refractivity contribution is 7.99. The third-order valence-corrected chi connectivity index (χ3v) is 8.23. The molecular weight excluding hydrogens is 444 g/mol. The minimum Gasteiger partial charge on any atom is -0.397 e. The van der Waals surface area contributed by atoms with Crippen LogP contribution < -0.4 is 11.1 Å². The predicted octanol–water partition coefficient (Wildman–Crippen LogP) is 3.86. The van der Waals surface area contributed by atoms with E-state index in [1.807, 2.05) is 12.1 Å². The Morgan fingerprint density at radius 2 is 2.12 bits per heavy atom. The molecule has 1 saturated carbocycles. The summed E-state index contributed by atoms with van der Waals surface area (Å²) in [4.78, 5) is 18.7. The molecule has 10 heteroatoms. The Bertz CT molecular complexity index is 1090. The SMILES string of the molecule is Nc1c(-c2nnc(SCC(=O)NC3CCCCC3)n2CC2CCCO2)sc2ncccc12. The number of carbonyl (C=O) groups is 1. The van der Waals surface area contributed by atoms with Crippen molar-refractivity contribution >= 4 is 44.9 Å². The number of hydrogen-bond donors (Lipinski definition) is 2. The number of nitrogen functional groups attached to an aromatic ring is 1. The van der Waals surface area contributed by atoms with Crippen molar-refractivity contribution in [1.29, 1.82) is 0 Å². The van der Waals surface area contributed by atoms with Crippen molar-refractivity contribution in [3.8, 4) is 10.7 Å². The molecule has 2 aliphatic rings. The van der Waals surface area contributed by atoms with E-state index in [0.29, 0.717) is 24.0 Å². The summed E-state index contributed by atoms with van der Waals surface area (Å²) >= 11 is 2.95. The topological polar surface area (TPSA) is 108 Å². The number of rotatable bonds is 7. The van der Waals surface area contributed by atoms with Crippen molar-refractivity contribution < 1.29 is 9.53 Å². The Labute approximate surface area is 195 Å². The lowest BCUT2D eigenvalue weighted by Gasteiger charge is -2.22. The fourth-order valence-corrected chi connectivity index (χ4v) is 6.30. The Balaban J connectivity index is 1.37. The van der Waals surface area contributed by atoms with Crippen molar-refractivity contribution in [3.63, 3.8) is 0 Å². The van der Waals surface area contributed by atoms with Gasteiger partial charge in [0.2, 0.25) is 5.91 Å². The molecule has 1 aliphatic carbocycles. The van der Waals surface area contributed by atoms with Gasteiger partial charge in [0.1, 0.15) is 4.83 Å². The summed E-state index contributed by atoms with van der Waals surface area (Å²) in [5, 5.41) is 13.8. The van der Waals surface area contributed by atoms with E-state index >= 15 is 0 Å². The van der Waals surface area contributed by atoms with Gasteiger partial charge in [0.05, 0.1) is 29.0 Å². The van der Waals surface area contributed by atoms with Gasteiger partial charge in [0.15, 0.2) is 11.0 Å². The number of thioether (sulfide) groups is 1. The number of fused-ring (bicyclic) bond motifs is 1. The van der Waals surface area contributed by atoms with Crippen LogP contribution in [0.25, 0.3) is 20.9 Å². The van der Waals surface area contributed by atoms with Crippen LogP contribution in [-0.2, 0) is 16.1 Å². The van der Waals surface area contributed by atoms with Crippen LogP contribution in [0.5, 0.6) is 0 Å². The summed E-state index contributed by atoms with van der Waals surface area (Å²) < 4.78 is 7.95. The molecule has 1 atom stereocenters. The zero-order valence-corrected chi connectivity index (χ0v) is 19.6. The van der Waals surface area contributed by atoms with Gasteiger partial charge in [0.25, 0.3) is 0 Å². The van der Waals surface area contributed by atoms with Gasteiger partial charge in [-0.15, -0.1) is 21.5 Å². The number of nitrogens with zero attached hydrogens (tertiary/aromatic N) is 4. The highest BCUT2D eigenvalue weighted by atomic mass is 32.2. The summed E-state index contributed by atoms with van der Waals surface area (Å²) in [5.41, 5.74) is 7.14. The Morgan fingerprint density at radius 1 is 1.25 bits per heavy atom. The zero-order chi connectivity index (χ0) is 21.9. The van der Waals surface area contributed by atoms with Crippen LogP contribution in [0.4, 0.5) is 5.69 Å². The number of carbonyl (C=O) groups excluding carboxylic acids is 1. The van der Waals surface area contributed by atoms with E-state index in [1.165, 1.54) is 42.4 Å². The van der Waals surface area contributed by atoms with Gasteiger partial charge < -0.3 is 15.8 Å². The van der Waals surface area contributed by atoms with Crippen LogP contribution >= 0.6 is 23.1 Å². The second kappa shape index (κ2) is 9.76. The average Bonchev–Trinajstić information content (AvgIpc) is 3.54. The van der Waals surface area contributed by atoms with Crippen LogP contribution in [-0.4, -0.2) is 50.2 Å². The molecule has 0 radical (unpaired) electrons. The number of pyridine rings is 1. The Hall–Kier alpha value is -2.17. The lowest BCUT2D eigenvalue weighted by Crippen LogP contribution is -2.37. The summed E-state index contributed by atoms with van der Waals surface area (Å²) in [7, 11) is 0. The first kappa shape index (κ1) is 21.7. The molecule has 1 aliphatic heterocycles. The molecule has 170 valence electrons. The maximum atomic E-state index is 12.5. The highest BCUT2D eigenvalue weighted by Gasteiger charge is 2.25. The Kier molecular flexibility index (Phi) is 6.61. The molecule has 1 saturated heterocycles. The lowest BCUT2D eigenvalue weighted by molar-refractivity contribution is -0.119. The summed E-state index contributed by atoms with van der Waals surface area (Å²) in [6.45, 7) is 1.43. The number of thiophene rings is 1. The first-order valence-corrected chi connectivity index (χ1v) is 13.1. The molecule has 4 heterocycles. The van der Waals surface area contributed by atoms with Crippen molar-refractivity contribution in [3.05, 3.63) is 18.3 Å². The lowest BCUT2D eigenvalue weighted by atomic mass is 9.95. The maximum absolute atomic E-state index is 12.5. The minimum atomic E-state index is 0.0562. The van der Waals surface area contributed by atoms with Gasteiger partial charge in [-0.1, -0.05) is 31.0 Å². The molecule has 5 rings (SSSR count). The fourth-order valence-electron chi connectivity index (χ4n) is 4.48. The number of anilines is 1. The third kappa shape index (κ3) is 4.62. The van der Waals surface area contributed by atoms with Gasteiger partial charge in [-0.3, -0.25) is 9.36 Å². The summed E-state index contributed by atoms with van der Waals surface area (Å²) in [6.07, 6.45) is 9.78. The van der Waals surface area contributed by atoms with E-state index in [1.54, 1.807) is 6.20 Å². The van der Waals surface area contributed by atoms with E-state index in [4.69, 9.17) is 10.5 Å². The summed E-state index contributed by atoms with van der Waals surface area (Å²) in [5.74, 6) is 1.10. The van der Waals surface area contributed by atoms with Crippen molar-refractivity contribution in [2.75, 3.05) is 18.1 Å². The van der Waals surface area contributed by atoms with Crippen molar-refractivity contribution in [2.45, 2.75) is 68.8 Å². The van der Waals surface area contributed by atoms with E-state index in [-0.39, 0.29) is 12.0 Å². The molecule has 0 spiro atoms. The molecular formula is C22H28N6O2S2. The van der Waals surface area contributed by atoms with E-state index in [2.05, 4.69) is 25.1 Å². The van der Waals surface area contributed by atoms with Crippen LogP contribution in [0.15, 0.2) is 23.5 Å². The predicted molar refractivity (Wildman–Crippen MR) is 128 cm³/mol. The molecule has 1 unspecified atom stereocenters. The van der Waals surface area contributed by atoms with Gasteiger partial charge >= 0.3 is 0 Å². The first-order chi connectivity index (χ1) is 15.7. The van der Waals surface area contributed by atoms with Gasteiger partial charge in [-0.05, 0) is 37.8 Å². The van der Waals surface area contributed by atoms with Gasteiger partial charge in [-0.2, -0.15) is 0 Å². The number of amides is 1. The second-order valence-electron chi connectivity index (χ2n) is 8.44. The molecule has 0 aromatic carbocycles. The molecule has 1 amide bonds. The average molecular weight is 473 g/mol. The molecule has 3 aromatic heterocycles. The van der Waals surface area contributed by atoms with Crippen LogP contribution in [0.1, 0.15) is 44.9 Å². The number of nitrogens with two attached hydrogens (primary N) is 1. The van der Waals surface area contributed by atoms with Gasteiger partial charge in [0, 0.05) is 24.2 Å². The number of ether oxygens (including phenoxy) is 1. The fraction of sp³-hybridized carbons (Fsp3) is 0.545. The smallest absolute Gasteiger partial charge is 0.230 e. The molecule has 2 fully saturated rings. The second-order valence-corrected chi connectivity index (χ2v) is 10.4. The number of aromatic nitrogens is 4. The van der Waals surface area contributed by atoms with Crippen LogP contribution in [0.3, 0.4) is 0 Å². The highest BCUT2D eigenvalue weighted by Crippen LogP contribution is 2.40. The molecule has 3 N–H and O–H groups in total. The quantitative estimate of drug-likeness (QED) is 0.503. The number of hydrogen-bond acceptors (Lipinski definition) is 8. The van der Waals surface area contributed by atoms with E-state index in [9.17, 15) is 4.79 Å². The first-order valence-electron chi connectivity index (χ1n) is 11.3. The monoisotopic (exact) mass is 472 g/mol. The standard InChI is InChI=1S/C22H28N6O2S2/c23-18-16-9-4-10-24-21(16)32-19(18)20-26-27-22(28(20)12-15-8-5-11-30-15)31-13-17(29)25-14-6-2-1-3-7-14/h4,9-10,14-15H,1-3,5-8,11-13,23H2,(H,25,29). The van der Waals surface area contributed by atoms with E-state index < -0.39 is 0 Å². The van der Waals surface area contributed by atoms with Gasteiger partial charge in [-0.25, -0.2) is 4.98 Å².